The van der Waals surface area contributed by atoms with Crippen LogP contribution in [0.5, 0.6) is 5.75 Å². The van der Waals surface area contributed by atoms with E-state index < -0.39 is 0 Å². The first-order valence-corrected chi connectivity index (χ1v) is 9.51. The summed E-state index contributed by atoms with van der Waals surface area (Å²) in [7, 11) is 0. The van der Waals surface area contributed by atoms with Crippen molar-refractivity contribution >= 4 is 5.91 Å². The molecule has 4 aliphatic rings. The molecule has 1 aromatic rings. The highest BCUT2D eigenvalue weighted by atomic mass is 19.1. The number of amides is 1. The van der Waals surface area contributed by atoms with Crippen LogP contribution in [-0.2, 0) is 10.2 Å². The summed E-state index contributed by atoms with van der Waals surface area (Å²) in [6.07, 6.45) is 5.61. The number of ether oxygens (including phenoxy) is 1. The largest absolute Gasteiger partial charge is 0.489 e. The molecule has 0 spiro atoms. The lowest BCUT2D eigenvalue weighted by Crippen LogP contribution is -2.71. The summed E-state index contributed by atoms with van der Waals surface area (Å²) in [5.74, 6) is 1.73. The first-order valence-electron chi connectivity index (χ1n) is 9.51. The van der Waals surface area contributed by atoms with Crippen molar-refractivity contribution in [1.29, 1.82) is 0 Å². The second-order valence-electron chi connectivity index (χ2n) is 8.62. The van der Waals surface area contributed by atoms with E-state index in [0.717, 1.165) is 38.0 Å². The van der Waals surface area contributed by atoms with E-state index in [1.807, 2.05) is 12.1 Å². The van der Waals surface area contributed by atoms with E-state index >= 15 is 0 Å². The minimum absolute atomic E-state index is 0.115. The third kappa shape index (κ3) is 2.82. The second kappa shape index (κ2) is 6.38. The minimum atomic E-state index is -0.115. The van der Waals surface area contributed by atoms with Gasteiger partial charge in [-0.05, 0) is 61.1 Å². The molecule has 5 heteroatoms. The first kappa shape index (κ1) is 17.5. The lowest BCUT2D eigenvalue weighted by atomic mass is 9.33. The molecule has 140 valence electrons. The number of nitrogens with one attached hydrogen (secondary N) is 1. The van der Waals surface area contributed by atoms with E-state index in [0.29, 0.717) is 23.7 Å². The van der Waals surface area contributed by atoms with Gasteiger partial charge < -0.3 is 15.8 Å². The molecule has 4 aliphatic carbocycles. The summed E-state index contributed by atoms with van der Waals surface area (Å²) in [6, 6.07) is 8.39. The molecular formula is C21H27FN2O2. The number of hydrogen-bond acceptors (Lipinski definition) is 3. The van der Waals surface area contributed by atoms with Gasteiger partial charge in [0, 0.05) is 18.2 Å². The van der Waals surface area contributed by atoms with E-state index in [2.05, 4.69) is 24.4 Å². The SMILES string of the molecule is CC1CC(NC(=O)C23CC(c4ccc(OC/C(=C/F)CN)cc4)(C2)C3)C1. The first-order chi connectivity index (χ1) is 12.5. The third-order valence-corrected chi connectivity index (χ3v) is 6.53. The number of carbonyl (C=O) groups excluding carboxylic acids is 1. The van der Waals surface area contributed by atoms with E-state index in [4.69, 9.17) is 10.5 Å². The Kier molecular flexibility index (Phi) is 4.30. The van der Waals surface area contributed by atoms with Crippen LogP contribution in [0.1, 0.15) is 44.6 Å². The van der Waals surface area contributed by atoms with Crippen molar-refractivity contribution in [2.45, 2.75) is 50.5 Å². The van der Waals surface area contributed by atoms with Crippen LogP contribution in [0.4, 0.5) is 4.39 Å². The molecule has 0 atom stereocenters. The third-order valence-electron chi connectivity index (χ3n) is 6.53. The van der Waals surface area contributed by atoms with Gasteiger partial charge in [0.05, 0.1) is 11.7 Å². The van der Waals surface area contributed by atoms with Crippen LogP contribution in [0.25, 0.3) is 0 Å². The van der Waals surface area contributed by atoms with E-state index in [1.54, 1.807) is 0 Å². The van der Waals surface area contributed by atoms with Gasteiger partial charge in [-0.2, -0.15) is 0 Å². The van der Waals surface area contributed by atoms with Crippen molar-refractivity contribution in [3.8, 4) is 5.75 Å². The Morgan fingerprint density at radius 1 is 1.31 bits per heavy atom. The summed E-state index contributed by atoms with van der Waals surface area (Å²) >= 11 is 0. The van der Waals surface area contributed by atoms with Crippen LogP contribution in [-0.4, -0.2) is 25.1 Å². The van der Waals surface area contributed by atoms with Crippen LogP contribution in [0.15, 0.2) is 36.2 Å². The molecule has 3 N–H and O–H groups in total. The molecule has 0 aromatic heterocycles. The Morgan fingerprint density at radius 3 is 2.50 bits per heavy atom. The molecule has 0 heterocycles. The minimum Gasteiger partial charge on any atom is -0.489 e. The van der Waals surface area contributed by atoms with Crippen molar-refractivity contribution in [1.82, 2.24) is 5.32 Å². The number of nitrogens with two attached hydrogens (primary N) is 1. The highest BCUT2D eigenvalue weighted by Crippen LogP contribution is 2.73. The van der Waals surface area contributed by atoms with Crippen molar-refractivity contribution < 1.29 is 13.9 Å². The van der Waals surface area contributed by atoms with Crippen LogP contribution in [0, 0.1) is 11.3 Å². The summed E-state index contributed by atoms with van der Waals surface area (Å²) < 4.78 is 18.1. The Morgan fingerprint density at radius 2 is 1.96 bits per heavy atom. The number of hydrogen-bond donors (Lipinski definition) is 2. The zero-order chi connectivity index (χ0) is 18.4. The highest BCUT2D eigenvalue weighted by molar-refractivity contribution is 5.87. The Hall–Kier alpha value is -1.88. The van der Waals surface area contributed by atoms with Gasteiger partial charge in [0.1, 0.15) is 12.4 Å². The Bertz CT molecular complexity index is 702. The maximum Gasteiger partial charge on any atom is 0.226 e. The van der Waals surface area contributed by atoms with Crippen LogP contribution in [0.2, 0.25) is 0 Å². The smallest absolute Gasteiger partial charge is 0.226 e. The van der Waals surface area contributed by atoms with Crippen LogP contribution in [0.3, 0.4) is 0 Å². The lowest BCUT2D eigenvalue weighted by molar-refractivity contribution is -0.177. The summed E-state index contributed by atoms with van der Waals surface area (Å²) in [5, 5.41) is 3.24. The summed E-state index contributed by atoms with van der Waals surface area (Å²) in [5.41, 5.74) is 7.19. The predicted molar refractivity (Wildman–Crippen MR) is 98.5 cm³/mol. The average Bonchev–Trinajstić information content (AvgIpc) is 2.53. The molecule has 5 rings (SSSR count). The molecule has 2 bridgehead atoms. The van der Waals surface area contributed by atoms with E-state index in [1.165, 1.54) is 5.56 Å². The van der Waals surface area contributed by atoms with Gasteiger partial charge in [-0.15, -0.1) is 0 Å². The molecule has 1 amide bonds. The predicted octanol–water partition coefficient (Wildman–Crippen LogP) is 3.21. The fourth-order valence-electron chi connectivity index (χ4n) is 4.91. The topological polar surface area (TPSA) is 64.3 Å². The van der Waals surface area contributed by atoms with Crippen molar-refractivity contribution in [3.63, 3.8) is 0 Å². The van der Waals surface area contributed by atoms with Gasteiger partial charge in [0.15, 0.2) is 0 Å². The normalized spacial score (nSPS) is 35.0. The summed E-state index contributed by atoms with van der Waals surface area (Å²) in [4.78, 5) is 12.6. The number of rotatable bonds is 7. The van der Waals surface area contributed by atoms with E-state index in [-0.39, 0.29) is 29.9 Å². The van der Waals surface area contributed by atoms with Crippen molar-refractivity contribution in [3.05, 3.63) is 41.7 Å². The summed E-state index contributed by atoms with van der Waals surface area (Å²) in [6.45, 7) is 2.55. The maximum absolute atomic E-state index is 12.6. The molecule has 1 aromatic carbocycles. The quantitative estimate of drug-likeness (QED) is 0.787. The molecule has 0 radical (unpaired) electrons. The average molecular weight is 358 g/mol. The van der Waals surface area contributed by atoms with Gasteiger partial charge in [-0.3, -0.25) is 4.79 Å². The molecular weight excluding hydrogens is 331 g/mol. The molecule has 0 saturated heterocycles. The zero-order valence-electron chi connectivity index (χ0n) is 15.3. The Balaban J connectivity index is 1.30. The second-order valence-corrected chi connectivity index (χ2v) is 8.62. The molecule has 4 nitrogen and oxygen atoms in total. The standard InChI is InChI=1S/C21H27FN2O2/c1-14-6-17(7-14)24-19(25)21-11-20(12-21,13-21)16-2-4-18(5-3-16)26-10-15(8-22)9-23/h2-5,8,14,17H,6-7,9-13,23H2,1H3,(H,24,25)/b15-8+. The van der Waals surface area contributed by atoms with Crippen molar-refractivity contribution in [2.75, 3.05) is 13.2 Å². The highest BCUT2D eigenvalue weighted by Gasteiger charge is 2.71. The van der Waals surface area contributed by atoms with Gasteiger partial charge in [0.2, 0.25) is 5.91 Å². The maximum atomic E-state index is 12.6. The number of carbonyl (C=O) groups is 1. The lowest BCUT2D eigenvalue weighted by Gasteiger charge is -2.70. The van der Waals surface area contributed by atoms with Gasteiger partial charge in [0.25, 0.3) is 0 Å². The van der Waals surface area contributed by atoms with Crippen molar-refractivity contribution in [2.24, 2.45) is 17.1 Å². The molecule has 0 aliphatic heterocycles. The van der Waals surface area contributed by atoms with Crippen LogP contribution >= 0.6 is 0 Å². The molecule has 0 unspecified atom stereocenters. The monoisotopic (exact) mass is 358 g/mol. The number of benzene rings is 1. The van der Waals surface area contributed by atoms with E-state index in [9.17, 15) is 9.18 Å². The molecule has 26 heavy (non-hydrogen) atoms. The number of halogens is 1. The fourth-order valence-corrected chi connectivity index (χ4v) is 4.91. The van der Waals surface area contributed by atoms with Gasteiger partial charge in [-0.25, -0.2) is 4.39 Å². The zero-order valence-corrected chi connectivity index (χ0v) is 15.3. The Labute approximate surface area is 154 Å². The molecule has 4 saturated carbocycles. The fraction of sp³-hybridized carbons (Fsp3) is 0.571. The van der Waals surface area contributed by atoms with Gasteiger partial charge in [-0.1, -0.05) is 19.1 Å². The molecule has 4 fully saturated rings. The van der Waals surface area contributed by atoms with Gasteiger partial charge >= 0.3 is 0 Å². The van der Waals surface area contributed by atoms with Crippen LogP contribution < -0.4 is 15.8 Å².